The number of ether oxygens (including phenoxy) is 1. The Kier molecular flexibility index (Phi) is 4.41. The third kappa shape index (κ3) is 3.01. The third-order valence-corrected chi connectivity index (χ3v) is 2.95. The van der Waals surface area contributed by atoms with Crippen LogP contribution in [-0.4, -0.2) is 18.8 Å². The average molecular weight is 226 g/mol. The second kappa shape index (κ2) is 5.39. The SMILES string of the molecule is COC(C)(C)C(Cc1ccccc1F)NN. The molecule has 0 saturated heterocycles. The van der Waals surface area contributed by atoms with Gasteiger partial charge >= 0.3 is 0 Å². The first-order valence-electron chi connectivity index (χ1n) is 5.26. The number of nitrogens with one attached hydrogen (secondary N) is 1. The predicted molar refractivity (Wildman–Crippen MR) is 62.3 cm³/mol. The van der Waals surface area contributed by atoms with Crippen LogP contribution in [0, 0.1) is 5.82 Å². The molecule has 1 aromatic carbocycles. The first-order chi connectivity index (χ1) is 7.51. The molecule has 0 bridgehead atoms. The minimum Gasteiger partial charge on any atom is -0.377 e. The normalized spacial score (nSPS) is 13.8. The molecule has 0 saturated carbocycles. The summed E-state index contributed by atoms with van der Waals surface area (Å²) in [6, 6.07) is 6.54. The number of methoxy groups -OCH3 is 1. The number of hydrogen-bond acceptors (Lipinski definition) is 3. The van der Waals surface area contributed by atoms with Crippen molar-refractivity contribution < 1.29 is 9.13 Å². The van der Waals surface area contributed by atoms with Gasteiger partial charge in [-0.15, -0.1) is 0 Å². The molecule has 0 aliphatic heterocycles. The Balaban J connectivity index is 2.82. The zero-order valence-electron chi connectivity index (χ0n) is 9.96. The second-order valence-electron chi connectivity index (χ2n) is 4.32. The summed E-state index contributed by atoms with van der Waals surface area (Å²) in [7, 11) is 1.62. The first kappa shape index (κ1) is 13.1. The van der Waals surface area contributed by atoms with Crippen molar-refractivity contribution in [2.45, 2.75) is 31.9 Å². The Labute approximate surface area is 95.8 Å². The fraction of sp³-hybridized carbons (Fsp3) is 0.500. The predicted octanol–water partition coefficient (Wildman–Crippen LogP) is 1.63. The Morgan fingerprint density at radius 3 is 2.56 bits per heavy atom. The van der Waals surface area contributed by atoms with Gasteiger partial charge < -0.3 is 4.74 Å². The van der Waals surface area contributed by atoms with Crippen LogP contribution in [-0.2, 0) is 11.2 Å². The van der Waals surface area contributed by atoms with Gasteiger partial charge in [-0.3, -0.25) is 11.3 Å². The van der Waals surface area contributed by atoms with Gasteiger partial charge in [0.05, 0.1) is 11.6 Å². The lowest BCUT2D eigenvalue weighted by Crippen LogP contribution is -2.52. The fourth-order valence-corrected chi connectivity index (χ4v) is 1.53. The van der Waals surface area contributed by atoms with E-state index in [1.54, 1.807) is 19.2 Å². The monoisotopic (exact) mass is 226 g/mol. The van der Waals surface area contributed by atoms with E-state index in [2.05, 4.69) is 5.43 Å². The van der Waals surface area contributed by atoms with Gasteiger partial charge in [0, 0.05) is 7.11 Å². The largest absolute Gasteiger partial charge is 0.377 e. The van der Waals surface area contributed by atoms with Crippen molar-refractivity contribution in [2.24, 2.45) is 5.84 Å². The maximum Gasteiger partial charge on any atom is 0.126 e. The van der Waals surface area contributed by atoms with Crippen LogP contribution in [0.4, 0.5) is 4.39 Å². The minimum atomic E-state index is -0.447. The molecular formula is C12H19FN2O. The maximum absolute atomic E-state index is 13.5. The van der Waals surface area contributed by atoms with Gasteiger partial charge in [0.25, 0.3) is 0 Å². The molecule has 1 unspecified atom stereocenters. The highest BCUT2D eigenvalue weighted by atomic mass is 19.1. The van der Waals surface area contributed by atoms with Gasteiger partial charge in [-0.1, -0.05) is 18.2 Å². The summed E-state index contributed by atoms with van der Waals surface area (Å²) in [4.78, 5) is 0. The first-order valence-corrected chi connectivity index (χ1v) is 5.26. The van der Waals surface area contributed by atoms with Gasteiger partial charge in [-0.25, -0.2) is 4.39 Å². The van der Waals surface area contributed by atoms with Crippen LogP contribution in [0.15, 0.2) is 24.3 Å². The molecule has 1 rings (SSSR count). The Hall–Kier alpha value is -0.970. The van der Waals surface area contributed by atoms with Crippen molar-refractivity contribution in [2.75, 3.05) is 7.11 Å². The molecule has 0 spiro atoms. The van der Waals surface area contributed by atoms with Crippen LogP contribution in [0.2, 0.25) is 0 Å². The van der Waals surface area contributed by atoms with Crippen LogP contribution in [0.3, 0.4) is 0 Å². The molecule has 90 valence electrons. The van der Waals surface area contributed by atoms with Gasteiger partial charge in [-0.05, 0) is 31.9 Å². The summed E-state index contributed by atoms with van der Waals surface area (Å²) < 4.78 is 18.8. The van der Waals surface area contributed by atoms with Crippen molar-refractivity contribution in [3.63, 3.8) is 0 Å². The molecule has 0 aliphatic rings. The summed E-state index contributed by atoms with van der Waals surface area (Å²) in [6.07, 6.45) is 0.490. The van der Waals surface area contributed by atoms with Crippen molar-refractivity contribution in [3.8, 4) is 0 Å². The standard InChI is InChI=1S/C12H19FN2O/c1-12(2,16-3)11(15-14)8-9-6-4-5-7-10(9)13/h4-7,11,15H,8,14H2,1-3H3. The minimum absolute atomic E-state index is 0.144. The summed E-state index contributed by atoms with van der Waals surface area (Å²) in [5, 5.41) is 0. The molecule has 0 fully saturated rings. The summed E-state index contributed by atoms with van der Waals surface area (Å²) in [5.41, 5.74) is 2.86. The van der Waals surface area contributed by atoms with Crippen molar-refractivity contribution in [1.82, 2.24) is 5.43 Å². The molecule has 3 nitrogen and oxygen atoms in total. The van der Waals surface area contributed by atoms with E-state index in [4.69, 9.17) is 10.6 Å². The molecular weight excluding hydrogens is 207 g/mol. The summed E-state index contributed by atoms with van der Waals surface area (Å²) in [5.74, 6) is 5.27. The van der Waals surface area contributed by atoms with E-state index in [-0.39, 0.29) is 11.9 Å². The Morgan fingerprint density at radius 1 is 1.44 bits per heavy atom. The molecule has 16 heavy (non-hydrogen) atoms. The molecule has 0 heterocycles. The van der Waals surface area contributed by atoms with Crippen molar-refractivity contribution >= 4 is 0 Å². The highest BCUT2D eigenvalue weighted by Gasteiger charge is 2.29. The molecule has 1 aromatic rings. The van der Waals surface area contributed by atoms with E-state index in [1.807, 2.05) is 19.9 Å². The number of benzene rings is 1. The zero-order valence-corrected chi connectivity index (χ0v) is 9.96. The lowest BCUT2D eigenvalue weighted by molar-refractivity contribution is -0.0102. The molecule has 0 aromatic heterocycles. The molecule has 4 heteroatoms. The van der Waals surface area contributed by atoms with Crippen LogP contribution in [0.1, 0.15) is 19.4 Å². The van der Waals surface area contributed by atoms with E-state index in [9.17, 15) is 4.39 Å². The summed E-state index contributed by atoms with van der Waals surface area (Å²) in [6.45, 7) is 3.83. The molecule has 1 atom stereocenters. The van der Waals surface area contributed by atoms with Gasteiger partial charge in [0.2, 0.25) is 0 Å². The average Bonchev–Trinajstić information content (AvgIpc) is 2.27. The summed E-state index contributed by atoms with van der Waals surface area (Å²) >= 11 is 0. The molecule has 0 aliphatic carbocycles. The lowest BCUT2D eigenvalue weighted by atomic mass is 9.92. The van der Waals surface area contributed by atoms with E-state index < -0.39 is 5.60 Å². The Bertz CT molecular complexity index is 342. The Morgan fingerprint density at radius 2 is 2.06 bits per heavy atom. The highest BCUT2D eigenvalue weighted by Crippen LogP contribution is 2.18. The quantitative estimate of drug-likeness (QED) is 0.592. The van der Waals surface area contributed by atoms with Crippen molar-refractivity contribution in [1.29, 1.82) is 0 Å². The fourth-order valence-electron chi connectivity index (χ4n) is 1.53. The van der Waals surface area contributed by atoms with E-state index in [0.717, 1.165) is 0 Å². The highest BCUT2D eigenvalue weighted by molar-refractivity contribution is 5.19. The van der Waals surface area contributed by atoms with Crippen LogP contribution >= 0.6 is 0 Å². The van der Waals surface area contributed by atoms with Gasteiger partial charge in [0.1, 0.15) is 5.82 Å². The van der Waals surface area contributed by atoms with E-state index in [0.29, 0.717) is 12.0 Å². The molecule has 0 amide bonds. The van der Waals surface area contributed by atoms with Crippen LogP contribution in [0.25, 0.3) is 0 Å². The molecule has 3 N–H and O–H groups in total. The van der Waals surface area contributed by atoms with Crippen LogP contribution < -0.4 is 11.3 Å². The van der Waals surface area contributed by atoms with Crippen LogP contribution in [0.5, 0.6) is 0 Å². The van der Waals surface area contributed by atoms with Gasteiger partial charge in [-0.2, -0.15) is 0 Å². The smallest absolute Gasteiger partial charge is 0.126 e. The number of rotatable bonds is 5. The van der Waals surface area contributed by atoms with E-state index >= 15 is 0 Å². The maximum atomic E-state index is 13.5. The second-order valence-corrected chi connectivity index (χ2v) is 4.32. The number of halogens is 1. The van der Waals surface area contributed by atoms with E-state index in [1.165, 1.54) is 6.07 Å². The number of hydrazine groups is 1. The number of nitrogens with two attached hydrogens (primary N) is 1. The number of hydrogen-bond donors (Lipinski definition) is 2. The topological polar surface area (TPSA) is 47.3 Å². The van der Waals surface area contributed by atoms with Gasteiger partial charge in [0.15, 0.2) is 0 Å². The lowest BCUT2D eigenvalue weighted by Gasteiger charge is -2.32. The van der Waals surface area contributed by atoms with Crippen molar-refractivity contribution in [3.05, 3.63) is 35.6 Å². The third-order valence-electron chi connectivity index (χ3n) is 2.95. The molecule has 0 radical (unpaired) electrons. The zero-order chi connectivity index (χ0) is 12.2.